The number of nitrogens with zero attached hydrogens (tertiary/aromatic N) is 2. The molecule has 0 aromatic heterocycles. The highest BCUT2D eigenvalue weighted by molar-refractivity contribution is 5.64. The Morgan fingerprint density at radius 3 is 2.83 bits per heavy atom. The van der Waals surface area contributed by atoms with Crippen LogP contribution in [0.15, 0.2) is 18.2 Å². The lowest BCUT2D eigenvalue weighted by molar-refractivity contribution is -0.384. The normalized spacial score (nSPS) is 21.8. The van der Waals surface area contributed by atoms with Crippen molar-refractivity contribution in [2.75, 3.05) is 11.9 Å². The van der Waals surface area contributed by atoms with E-state index in [0.717, 1.165) is 12.8 Å². The lowest BCUT2D eigenvalue weighted by Gasteiger charge is -2.31. The number of rotatable bonds is 4. The molecule has 18 heavy (non-hydrogen) atoms. The molecular weight excluding hydrogens is 234 g/mol. The average Bonchev–Trinajstić information content (AvgIpc) is 2.32. The lowest BCUT2D eigenvalue weighted by atomic mass is 9.82. The van der Waals surface area contributed by atoms with Crippen LogP contribution in [0.2, 0.25) is 0 Å². The highest BCUT2D eigenvalue weighted by Crippen LogP contribution is 2.30. The molecule has 0 heterocycles. The summed E-state index contributed by atoms with van der Waals surface area (Å²) in [6.45, 7) is 0.576. The summed E-state index contributed by atoms with van der Waals surface area (Å²) in [6, 6.07) is 6.19. The minimum atomic E-state index is -0.473. The molecule has 0 bridgehead atoms. The smallest absolute Gasteiger partial charge is 0.292 e. The third-order valence-corrected chi connectivity index (χ3v) is 3.11. The van der Waals surface area contributed by atoms with E-state index in [0.29, 0.717) is 23.7 Å². The fourth-order valence-corrected chi connectivity index (χ4v) is 2.03. The van der Waals surface area contributed by atoms with Crippen LogP contribution >= 0.6 is 0 Å². The van der Waals surface area contributed by atoms with E-state index in [1.165, 1.54) is 18.2 Å². The van der Waals surface area contributed by atoms with Gasteiger partial charge in [0.1, 0.15) is 5.69 Å². The summed E-state index contributed by atoms with van der Waals surface area (Å²) < 4.78 is 0. The van der Waals surface area contributed by atoms with E-state index in [2.05, 4.69) is 5.32 Å². The van der Waals surface area contributed by atoms with Crippen molar-refractivity contribution in [1.29, 1.82) is 5.26 Å². The zero-order valence-corrected chi connectivity index (χ0v) is 9.67. The van der Waals surface area contributed by atoms with Gasteiger partial charge in [-0.05, 0) is 30.9 Å². The molecule has 0 amide bonds. The zero-order chi connectivity index (χ0) is 13.1. The molecule has 2 N–H and O–H groups in total. The van der Waals surface area contributed by atoms with Gasteiger partial charge in [-0.3, -0.25) is 10.1 Å². The van der Waals surface area contributed by atoms with Crippen molar-refractivity contribution in [3.05, 3.63) is 33.9 Å². The van der Waals surface area contributed by atoms with Crippen LogP contribution in [0.25, 0.3) is 0 Å². The first-order valence-electron chi connectivity index (χ1n) is 5.70. The van der Waals surface area contributed by atoms with Crippen LogP contribution in [-0.2, 0) is 0 Å². The van der Waals surface area contributed by atoms with Crippen LogP contribution in [0, 0.1) is 27.4 Å². The van der Waals surface area contributed by atoms with Crippen molar-refractivity contribution in [2.24, 2.45) is 5.92 Å². The first-order chi connectivity index (χ1) is 8.60. The second-order valence-corrected chi connectivity index (χ2v) is 4.47. The molecular formula is C12H13N3O3. The largest absolute Gasteiger partial charge is 0.393 e. The molecule has 1 aromatic rings. The van der Waals surface area contributed by atoms with Gasteiger partial charge in [0, 0.05) is 12.6 Å². The lowest BCUT2D eigenvalue weighted by Crippen LogP contribution is -2.33. The predicted octanol–water partition coefficient (Wildman–Crippen LogP) is 1.65. The van der Waals surface area contributed by atoms with Crippen molar-refractivity contribution in [2.45, 2.75) is 18.9 Å². The molecule has 0 radical (unpaired) electrons. The molecule has 2 rings (SSSR count). The molecule has 1 aliphatic rings. The maximum absolute atomic E-state index is 10.8. The van der Waals surface area contributed by atoms with E-state index in [1.54, 1.807) is 0 Å². The van der Waals surface area contributed by atoms with Crippen LogP contribution in [-0.4, -0.2) is 22.7 Å². The van der Waals surface area contributed by atoms with Crippen molar-refractivity contribution >= 4 is 11.4 Å². The van der Waals surface area contributed by atoms with Gasteiger partial charge in [-0.1, -0.05) is 0 Å². The molecule has 1 fully saturated rings. The number of nitriles is 1. The van der Waals surface area contributed by atoms with Gasteiger partial charge in [0.15, 0.2) is 0 Å². The summed E-state index contributed by atoms with van der Waals surface area (Å²) in [6.07, 6.45) is 1.20. The fraction of sp³-hybridized carbons (Fsp3) is 0.417. The summed E-state index contributed by atoms with van der Waals surface area (Å²) in [4.78, 5) is 10.4. The van der Waals surface area contributed by atoms with Gasteiger partial charge in [-0.2, -0.15) is 5.26 Å². The summed E-state index contributed by atoms with van der Waals surface area (Å²) in [7, 11) is 0. The number of anilines is 1. The van der Waals surface area contributed by atoms with Crippen molar-refractivity contribution < 1.29 is 10.0 Å². The van der Waals surface area contributed by atoms with Crippen molar-refractivity contribution in [3.8, 4) is 6.07 Å². The Hall–Kier alpha value is -2.13. The number of aliphatic hydroxyl groups is 1. The molecule has 1 aromatic carbocycles. The van der Waals surface area contributed by atoms with E-state index in [9.17, 15) is 10.1 Å². The summed E-state index contributed by atoms with van der Waals surface area (Å²) in [5.74, 6) is 0.338. The van der Waals surface area contributed by atoms with Crippen LogP contribution < -0.4 is 5.32 Å². The van der Waals surface area contributed by atoms with Crippen molar-refractivity contribution in [1.82, 2.24) is 0 Å². The van der Waals surface area contributed by atoms with E-state index in [-0.39, 0.29) is 11.8 Å². The monoisotopic (exact) mass is 247 g/mol. The summed E-state index contributed by atoms with van der Waals surface area (Å²) >= 11 is 0. The topological polar surface area (TPSA) is 99.2 Å². The molecule has 6 heteroatoms. The highest BCUT2D eigenvalue weighted by Gasteiger charge is 2.27. The Kier molecular flexibility index (Phi) is 3.44. The minimum absolute atomic E-state index is 0.0335. The Balaban J connectivity index is 2.09. The molecule has 1 aliphatic carbocycles. The van der Waals surface area contributed by atoms with E-state index >= 15 is 0 Å². The van der Waals surface area contributed by atoms with Gasteiger partial charge < -0.3 is 10.4 Å². The quantitative estimate of drug-likeness (QED) is 0.622. The highest BCUT2D eigenvalue weighted by atomic mass is 16.6. The first kappa shape index (κ1) is 12.3. The maximum Gasteiger partial charge on any atom is 0.292 e. The van der Waals surface area contributed by atoms with Gasteiger partial charge in [0.25, 0.3) is 5.69 Å². The van der Waals surface area contributed by atoms with Crippen LogP contribution in [0.5, 0.6) is 0 Å². The number of benzene rings is 1. The second kappa shape index (κ2) is 5.02. The molecule has 1 saturated carbocycles. The van der Waals surface area contributed by atoms with Gasteiger partial charge >= 0.3 is 0 Å². The number of hydrogen-bond acceptors (Lipinski definition) is 5. The Bertz CT molecular complexity index is 504. The summed E-state index contributed by atoms with van der Waals surface area (Å²) in [5.41, 5.74) is 0.714. The molecule has 0 spiro atoms. The maximum atomic E-state index is 10.8. The third-order valence-electron chi connectivity index (χ3n) is 3.11. The van der Waals surface area contributed by atoms with E-state index in [4.69, 9.17) is 10.4 Å². The van der Waals surface area contributed by atoms with Crippen LogP contribution in [0.1, 0.15) is 18.4 Å². The van der Waals surface area contributed by atoms with Gasteiger partial charge in [-0.15, -0.1) is 0 Å². The van der Waals surface area contributed by atoms with Crippen LogP contribution in [0.3, 0.4) is 0 Å². The van der Waals surface area contributed by atoms with Gasteiger partial charge in [0.05, 0.1) is 22.7 Å². The number of aliphatic hydroxyl groups excluding tert-OH is 1. The SMILES string of the molecule is N#Cc1ccc([N+](=O)[O-])c(NCC2CC(O)C2)c1. The van der Waals surface area contributed by atoms with Gasteiger partial charge in [0.2, 0.25) is 0 Å². The fourth-order valence-electron chi connectivity index (χ4n) is 2.03. The van der Waals surface area contributed by atoms with Crippen LogP contribution in [0.4, 0.5) is 11.4 Å². The number of nitro benzene ring substituents is 1. The molecule has 0 saturated heterocycles. The molecule has 0 unspecified atom stereocenters. The first-order valence-corrected chi connectivity index (χ1v) is 5.70. The molecule has 94 valence electrons. The number of nitro groups is 1. The zero-order valence-electron chi connectivity index (χ0n) is 9.67. The third kappa shape index (κ3) is 2.57. The van der Waals surface area contributed by atoms with Crippen molar-refractivity contribution in [3.63, 3.8) is 0 Å². The van der Waals surface area contributed by atoms with E-state index in [1.807, 2.05) is 6.07 Å². The van der Waals surface area contributed by atoms with Gasteiger partial charge in [-0.25, -0.2) is 0 Å². The second-order valence-electron chi connectivity index (χ2n) is 4.47. The number of nitrogens with one attached hydrogen (secondary N) is 1. The number of hydrogen-bond donors (Lipinski definition) is 2. The Labute approximate surface area is 104 Å². The molecule has 6 nitrogen and oxygen atoms in total. The predicted molar refractivity (Wildman–Crippen MR) is 65.0 cm³/mol. The molecule has 0 atom stereocenters. The minimum Gasteiger partial charge on any atom is -0.393 e. The Morgan fingerprint density at radius 2 is 2.28 bits per heavy atom. The Morgan fingerprint density at radius 1 is 1.56 bits per heavy atom. The summed E-state index contributed by atoms with van der Waals surface area (Å²) in [5, 5.41) is 31.8. The van der Waals surface area contributed by atoms with E-state index < -0.39 is 4.92 Å². The average molecular weight is 247 g/mol. The molecule has 0 aliphatic heterocycles. The standard InChI is InChI=1S/C12H13N3O3/c13-6-8-1-2-12(15(17)18)11(5-8)14-7-9-3-10(16)4-9/h1-2,5,9-10,14,16H,3-4,7H2.